The van der Waals surface area contributed by atoms with Gasteiger partial charge in [0.05, 0.1) is 0 Å². The standard InChI is InChI=1S/C11H14BrNO/c12-8-2-1-3-10(14)11(8)9(13)6-7-4-5-7/h1-3,7,9,14H,4-6,13H2. The summed E-state index contributed by atoms with van der Waals surface area (Å²) in [6.07, 6.45) is 3.56. The zero-order valence-corrected chi connectivity index (χ0v) is 9.50. The number of aromatic hydroxyl groups is 1. The van der Waals surface area contributed by atoms with Crippen LogP contribution >= 0.6 is 15.9 Å². The van der Waals surface area contributed by atoms with E-state index in [0.717, 1.165) is 22.4 Å². The summed E-state index contributed by atoms with van der Waals surface area (Å²) in [5, 5.41) is 9.69. The highest BCUT2D eigenvalue weighted by atomic mass is 79.9. The first kappa shape index (κ1) is 9.99. The molecule has 1 aromatic rings. The molecule has 1 saturated carbocycles. The van der Waals surface area contributed by atoms with Gasteiger partial charge in [-0.1, -0.05) is 34.8 Å². The Bertz CT molecular complexity index is 316. The van der Waals surface area contributed by atoms with Gasteiger partial charge in [0.1, 0.15) is 5.75 Å². The van der Waals surface area contributed by atoms with E-state index in [-0.39, 0.29) is 6.04 Å². The molecule has 2 nitrogen and oxygen atoms in total. The van der Waals surface area contributed by atoms with Crippen molar-refractivity contribution in [3.63, 3.8) is 0 Å². The summed E-state index contributed by atoms with van der Waals surface area (Å²) in [4.78, 5) is 0. The van der Waals surface area contributed by atoms with Crippen molar-refractivity contribution in [1.82, 2.24) is 0 Å². The molecule has 1 aromatic carbocycles. The molecular weight excluding hydrogens is 242 g/mol. The normalized spacial score (nSPS) is 18.1. The number of phenols is 1. The molecule has 3 N–H and O–H groups in total. The number of phenolic OH excluding ortho intramolecular Hbond substituents is 1. The maximum atomic E-state index is 9.69. The molecule has 0 bridgehead atoms. The summed E-state index contributed by atoms with van der Waals surface area (Å²) in [5.74, 6) is 1.07. The molecule has 0 aromatic heterocycles. The SMILES string of the molecule is NC(CC1CC1)c1c(O)cccc1Br. The molecular formula is C11H14BrNO. The summed E-state index contributed by atoms with van der Waals surface area (Å²) in [6, 6.07) is 5.37. The predicted octanol–water partition coefficient (Wildman–Crippen LogP) is 2.95. The minimum atomic E-state index is -0.0434. The molecule has 0 heterocycles. The molecule has 0 saturated heterocycles. The van der Waals surface area contributed by atoms with Gasteiger partial charge < -0.3 is 10.8 Å². The van der Waals surface area contributed by atoms with E-state index in [0.29, 0.717) is 5.75 Å². The van der Waals surface area contributed by atoms with Crippen molar-refractivity contribution in [3.05, 3.63) is 28.2 Å². The van der Waals surface area contributed by atoms with Crippen LogP contribution in [0.2, 0.25) is 0 Å². The molecule has 76 valence electrons. The van der Waals surface area contributed by atoms with Crippen LogP contribution in [0.4, 0.5) is 0 Å². The van der Waals surface area contributed by atoms with Gasteiger partial charge in [0, 0.05) is 16.1 Å². The van der Waals surface area contributed by atoms with Gasteiger partial charge in [-0.15, -0.1) is 0 Å². The van der Waals surface area contributed by atoms with E-state index < -0.39 is 0 Å². The topological polar surface area (TPSA) is 46.2 Å². The molecule has 1 fully saturated rings. The van der Waals surface area contributed by atoms with Crippen molar-refractivity contribution < 1.29 is 5.11 Å². The van der Waals surface area contributed by atoms with Gasteiger partial charge in [-0.05, 0) is 24.5 Å². The highest BCUT2D eigenvalue weighted by Crippen LogP contribution is 2.40. The lowest BCUT2D eigenvalue weighted by Gasteiger charge is -2.14. The first-order chi connectivity index (χ1) is 6.68. The molecule has 14 heavy (non-hydrogen) atoms. The molecule has 1 atom stereocenters. The first-order valence-electron chi connectivity index (χ1n) is 4.91. The highest BCUT2D eigenvalue weighted by Gasteiger charge is 2.26. The Morgan fingerprint density at radius 1 is 1.50 bits per heavy atom. The van der Waals surface area contributed by atoms with Crippen LogP contribution in [0.3, 0.4) is 0 Å². The zero-order chi connectivity index (χ0) is 10.1. The van der Waals surface area contributed by atoms with E-state index in [1.165, 1.54) is 12.8 Å². The highest BCUT2D eigenvalue weighted by molar-refractivity contribution is 9.10. The number of hydrogen-bond acceptors (Lipinski definition) is 2. The van der Waals surface area contributed by atoms with Crippen LogP contribution < -0.4 is 5.73 Å². The van der Waals surface area contributed by atoms with Crippen molar-refractivity contribution in [3.8, 4) is 5.75 Å². The van der Waals surface area contributed by atoms with Gasteiger partial charge in [-0.2, -0.15) is 0 Å². The van der Waals surface area contributed by atoms with Crippen LogP contribution in [-0.4, -0.2) is 5.11 Å². The van der Waals surface area contributed by atoms with Crippen LogP contribution in [0, 0.1) is 5.92 Å². The maximum absolute atomic E-state index is 9.69. The van der Waals surface area contributed by atoms with Crippen molar-refractivity contribution in [2.45, 2.75) is 25.3 Å². The van der Waals surface area contributed by atoms with Gasteiger partial charge in [-0.25, -0.2) is 0 Å². The average Bonchev–Trinajstić information content (AvgIpc) is 2.87. The minimum Gasteiger partial charge on any atom is -0.508 e. The van der Waals surface area contributed by atoms with E-state index in [4.69, 9.17) is 5.73 Å². The quantitative estimate of drug-likeness (QED) is 0.873. The molecule has 2 rings (SSSR count). The van der Waals surface area contributed by atoms with Crippen molar-refractivity contribution >= 4 is 15.9 Å². The van der Waals surface area contributed by atoms with Crippen LogP contribution in [-0.2, 0) is 0 Å². The van der Waals surface area contributed by atoms with E-state index in [2.05, 4.69) is 15.9 Å². The molecule has 3 heteroatoms. The van der Waals surface area contributed by atoms with Crippen LogP contribution in [0.5, 0.6) is 5.75 Å². The number of halogens is 1. The van der Waals surface area contributed by atoms with Crippen molar-refractivity contribution in [2.24, 2.45) is 11.7 Å². The van der Waals surface area contributed by atoms with E-state index in [9.17, 15) is 5.11 Å². The fourth-order valence-corrected chi connectivity index (χ4v) is 2.37. The predicted molar refractivity (Wildman–Crippen MR) is 60.1 cm³/mol. The lowest BCUT2D eigenvalue weighted by Crippen LogP contribution is -2.11. The molecule has 0 aliphatic heterocycles. The molecule has 0 radical (unpaired) electrons. The number of hydrogen-bond donors (Lipinski definition) is 2. The largest absolute Gasteiger partial charge is 0.508 e. The average molecular weight is 256 g/mol. The van der Waals surface area contributed by atoms with Gasteiger partial charge in [-0.3, -0.25) is 0 Å². The van der Waals surface area contributed by atoms with Crippen molar-refractivity contribution in [1.29, 1.82) is 0 Å². The Morgan fingerprint density at radius 3 is 2.79 bits per heavy atom. The van der Waals surface area contributed by atoms with E-state index >= 15 is 0 Å². The monoisotopic (exact) mass is 255 g/mol. The second-order valence-electron chi connectivity index (χ2n) is 3.96. The molecule has 1 aliphatic carbocycles. The Morgan fingerprint density at radius 2 is 2.21 bits per heavy atom. The smallest absolute Gasteiger partial charge is 0.121 e. The van der Waals surface area contributed by atoms with Gasteiger partial charge >= 0.3 is 0 Å². The van der Waals surface area contributed by atoms with Crippen molar-refractivity contribution in [2.75, 3.05) is 0 Å². The third-order valence-electron chi connectivity index (χ3n) is 2.68. The Balaban J connectivity index is 2.19. The molecule has 1 unspecified atom stereocenters. The minimum absolute atomic E-state index is 0.0434. The van der Waals surface area contributed by atoms with E-state index in [1.54, 1.807) is 6.07 Å². The van der Waals surface area contributed by atoms with E-state index in [1.807, 2.05) is 12.1 Å². The zero-order valence-electron chi connectivity index (χ0n) is 7.91. The summed E-state index contributed by atoms with van der Waals surface area (Å²) >= 11 is 3.42. The summed E-state index contributed by atoms with van der Waals surface area (Å²) in [6.45, 7) is 0. The first-order valence-corrected chi connectivity index (χ1v) is 5.70. The van der Waals surface area contributed by atoms with Crippen LogP contribution in [0.25, 0.3) is 0 Å². The van der Waals surface area contributed by atoms with Gasteiger partial charge in [0.15, 0.2) is 0 Å². The van der Waals surface area contributed by atoms with Crippen LogP contribution in [0.15, 0.2) is 22.7 Å². The third-order valence-corrected chi connectivity index (χ3v) is 3.38. The lowest BCUT2D eigenvalue weighted by atomic mass is 10.0. The lowest BCUT2D eigenvalue weighted by molar-refractivity contribution is 0.454. The summed E-state index contributed by atoms with van der Waals surface area (Å²) in [7, 11) is 0. The third kappa shape index (κ3) is 2.10. The second-order valence-corrected chi connectivity index (χ2v) is 4.81. The second kappa shape index (κ2) is 3.91. The fraction of sp³-hybridized carbons (Fsp3) is 0.455. The summed E-state index contributed by atoms with van der Waals surface area (Å²) in [5.41, 5.74) is 6.89. The fourth-order valence-electron chi connectivity index (χ4n) is 1.72. The number of nitrogens with two attached hydrogens (primary N) is 1. The van der Waals surface area contributed by atoms with Gasteiger partial charge in [0.25, 0.3) is 0 Å². The van der Waals surface area contributed by atoms with Gasteiger partial charge in [0.2, 0.25) is 0 Å². The Kier molecular flexibility index (Phi) is 2.79. The Hall–Kier alpha value is -0.540. The summed E-state index contributed by atoms with van der Waals surface area (Å²) < 4.78 is 0.908. The number of benzene rings is 1. The molecule has 0 spiro atoms. The van der Waals surface area contributed by atoms with Crippen LogP contribution in [0.1, 0.15) is 30.9 Å². The Labute approximate surface area is 92.3 Å². The molecule has 1 aliphatic rings. The number of rotatable bonds is 3. The molecule has 0 amide bonds. The maximum Gasteiger partial charge on any atom is 0.121 e.